The van der Waals surface area contributed by atoms with Gasteiger partial charge in [-0.25, -0.2) is 0 Å². The topological polar surface area (TPSA) is 152 Å². The summed E-state index contributed by atoms with van der Waals surface area (Å²) in [7, 11) is 0. The summed E-state index contributed by atoms with van der Waals surface area (Å²) in [6.07, 6.45) is 2.34. The van der Waals surface area contributed by atoms with Crippen LogP contribution in [0.3, 0.4) is 0 Å². The van der Waals surface area contributed by atoms with Gasteiger partial charge in [-0.3, -0.25) is 19.4 Å². The number of carbonyl (C=O) groups excluding carboxylic acids is 3. The highest BCUT2D eigenvalue weighted by atomic mass is 32.1. The molecular weight excluding hydrogens is 404 g/mol. The quantitative estimate of drug-likeness (QED) is 0.0999. The minimum atomic E-state index is -0.694. The van der Waals surface area contributed by atoms with E-state index in [4.69, 9.17) is 11.5 Å². The second kappa shape index (κ2) is 14.9. The molecule has 10 heteroatoms. The van der Waals surface area contributed by atoms with Gasteiger partial charge in [0.25, 0.3) is 0 Å². The molecule has 0 aliphatic heterocycles. The van der Waals surface area contributed by atoms with E-state index in [-0.39, 0.29) is 41.6 Å². The van der Waals surface area contributed by atoms with E-state index in [1.807, 2.05) is 27.7 Å². The molecule has 0 saturated heterocycles. The summed E-state index contributed by atoms with van der Waals surface area (Å²) in [6.45, 7) is 9.76. The summed E-state index contributed by atoms with van der Waals surface area (Å²) in [5.74, 6) is 0.00913. The molecule has 0 rings (SSSR count). The zero-order valence-electron chi connectivity index (χ0n) is 18.9. The van der Waals surface area contributed by atoms with E-state index in [0.29, 0.717) is 38.0 Å². The fraction of sp³-hybridized carbons (Fsp3) is 0.800. The van der Waals surface area contributed by atoms with Gasteiger partial charge in [0.2, 0.25) is 17.7 Å². The molecule has 7 N–H and O–H groups in total. The van der Waals surface area contributed by atoms with Gasteiger partial charge in [-0.1, -0.05) is 27.7 Å². The number of hydrogen-bond donors (Lipinski definition) is 6. The molecule has 0 aliphatic rings. The van der Waals surface area contributed by atoms with Crippen LogP contribution in [-0.4, -0.2) is 54.1 Å². The van der Waals surface area contributed by atoms with Crippen LogP contribution in [0.25, 0.3) is 0 Å². The van der Waals surface area contributed by atoms with E-state index in [2.05, 4.69) is 33.6 Å². The third kappa shape index (κ3) is 13.3. The molecule has 0 unspecified atom stereocenters. The maximum Gasteiger partial charge on any atom is 0.243 e. The van der Waals surface area contributed by atoms with Gasteiger partial charge in [-0.05, 0) is 37.5 Å². The number of guanidine groups is 1. The fourth-order valence-electron chi connectivity index (χ4n) is 2.98. The third-order valence-electron chi connectivity index (χ3n) is 4.31. The summed E-state index contributed by atoms with van der Waals surface area (Å²) in [4.78, 5) is 41.1. The van der Waals surface area contributed by atoms with Crippen molar-refractivity contribution in [3.8, 4) is 0 Å². The number of carbonyl (C=O) groups is 3. The van der Waals surface area contributed by atoms with Crippen molar-refractivity contribution in [3.05, 3.63) is 0 Å². The predicted molar refractivity (Wildman–Crippen MR) is 124 cm³/mol. The Kier molecular flexibility index (Phi) is 13.9. The molecule has 0 aromatic rings. The number of nitrogens with one attached hydrogen (secondary N) is 3. The standard InChI is InChI=1S/C20H40N6O3S/c1-12(2)9-16(24-14(5)27)19(29)26-17(10-13(3)4)18(28)25-15(11-30)7-6-8-23-20(21)22/h12-13,15-17,30H,6-11H2,1-5H3,(H,24,27)(H,25,28)(H,26,29)(H4,21,22,23)/t15-,16-,17-/m0/s1. The molecule has 3 atom stereocenters. The van der Waals surface area contributed by atoms with Crippen LogP contribution in [0, 0.1) is 11.8 Å². The smallest absolute Gasteiger partial charge is 0.243 e. The monoisotopic (exact) mass is 444 g/mol. The van der Waals surface area contributed by atoms with Gasteiger partial charge in [0.1, 0.15) is 12.1 Å². The van der Waals surface area contributed by atoms with Crippen molar-refractivity contribution < 1.29 is 14.4 Å². The van der Waals surface area contributed by atoms with Crippen LogP contribution in [0.2, 0.25) is 0 Å². The van der Waals surface area contributed by atoms with E-state index in [9.17, 15) is 14.4 Å². The van der Waals surface area contributed by atoms with Crippen LogP contribution in [0.15, 0.2) is 4.99 Å². The Morgan fingerprint density at radius 3 is 1.83 bits per heavy atom. The molecule has 0 radical (unpaired) electrons. The molecular formula is C20H40N6O3S. The SMILES string of the molecule is CC(=O)N[C@@H](CC(C)C)C(=O)N[C@@H](CC(C)C)C(=O)N[C@H](CS)CCCN=C(N)N. The van der Waals surface area contributed by atoms with Gasteiger partial charge in [0.05, 0.1) is 0 Å². The van der Waals surface area contributed by atoms with E-state index >= 15 is 0 Å². The van der Waals surface area contributed by atoms with E-state index in [1.165, 1.54) is 6.92 Å². The van der Waals surface area contributed by atoms with E-state index in [0.717, 1.165) is 0 Å². The number of amides is 3. The maximum atomic E-state index is 12.9. The molecule has 0 bridgehead atoms. The fourth-order valence-corrected chi connectivity index (χ4v) is 3.25. The molecule has 0 heterocycles. The number of rotatable bonds is 14. The first kappa shape index (κ1) is 28.0. The van der Waals surface area contributed by atoms with Crippen molar-refractivity contribution in [1.29, 1.82) is 0 Å². The van der Waals surface area contributed by atoms with E-state index in [1.54, 1.807) is 0 Å². The summed E-state index contributed by atoms with van der Waals surface area (Å²) >= 11 is 4.31. The molecule has 0 spiro atoms. The van der Waals surface area contributed by atoms with Crippen molar-refractivity contribution in [3.63, 3.8) is 0 Å². The lowest BCUT2D eigenvalue weighted by Gasteiger charge is -2.26. The van der Waals surface area contributed by atoms with Crippen molar-refractivity contribution in [1.82, 2.24) is 16.0 Å². The van der Waals surface area contributed by atoms with Crippen molar-refractivity contribution in [2.75, 3.05) is 12.3 Å². The lowest BCUT2D eigenvalue weighted by Crippen LogP contribution is -2.55. The minimum absolute atomic E-state index is 0.0382. The Hall–Kier alpha value is -1.97. The molecule has 9 nitrogen and oxygen atoms in total. The molecule has 0 saturated carbocycles. The average Bonchev–Trinajstić information content (AvgIpc) is 2.61. The average molecular weight is 445 g/mol. The Balaban J connectivity index is 5.08. The zero-order valence-corrected chi connectivity index (χ0v) is 19.8. The number of hydrogen-bond acceptors (Lipinski definition) is 5. The first-order valence-electron chi connectivity index (χ1n) is 10.5. The number of nitrogens with two attached hydrogens (primary N) is 2. The summed E-state index contributed by atoms with van der Waals surface area (Å²) < 4.78 is 0. The van der Waals surface area contributed by atoms with Crippen molar-refractivity contribution >= 4 is 36.3 Å². The van der Waals surface area contributed by atoms with E-state index < -0.39 is 12.1 Å². The highest BCUT2D eigenvalue weighted by Crippen LogP contribution is 2.10. The Morgan fingerprint density at radius 2 is 1.40 bits per heavy atom. The largest absolute Gasteiger partial charge is 0.370 e. The molecule has 3 amide bonds. The molecule has 0 aromatic carbocycles. The van der Waals surface area contributed by atoms with Crippen molar-refractivity contribution in [2.24, 2.45) is 28.3 Å². The minimum Gasteiger partial charge on any atom is -0.370 e. The van der Waals surface area contributed by atoms with Crippen LogP contribution in [-0.2, 0) is 14.4 Å². The second-order valence-corrected chi connectivity index (χ2v) is 8.78. The van der Waals surface area contributed by atoms with Gasteiger partial charge in [-0.15, -0.1) is 0 Å². The Bertz CT molecular complexity index is 579. The highest BCUT2D eigenvalue weighted by molar-refractivity contribution is 7.80. The zero-order chi connectivity index (χ0) is 23.3. The Labute approximate surface area is 186 Å². The van der Waals surface area contributed by atoms with Crippen LogP contribution >= 0.6 is 12.6 Å². The summed E-state index contributed by atoms with van der Waals surface area (Å²) in [5, 5.41) is 8.46. The van der Waals surface area contributed by atoms with Gasteiger partial charge in [0.15, 0.2) is 5.96 Å². The number of nitrogens with zero attached hydrogens (tertiary/aromatic N) is 1. The van der Waals surface area contributed by atoms with Crippen LogP contribution < -0.4 is 27.4 Å². The van der Waals surface area contributed by atoms with Gasteiger partial charge in [-0.2, -0.15) is 12.6 Å². The third-order valence-corrected chi connectivity index (χ3v) is 4.75. The highest BCUT2D eigenvalue weighted by Gasteiger charge is 2.28. The Morgan fingerprint density at radius 1 is 0.900 bits per heavy atom. The lowest BCUT2D eigenvalue weighted by atomic mass is 9.99. The molecule has 0 aromatic heterocycles. The van der Waals surface area contributed by atoms with Crippen LogP contribution in [0.4, 0.5) is 0 Å². The first-order valence-corrected chi connectivity index (χ1v) is 11.1. The molecule has 174 valence electrons. The first-order chi connectivity index (χ1) is 14.0. The maximum absolute atomic E-state index is 12.9. The number of thiol groups is 1. The van der Waals surface area contributed by atoms with Crippen molar-refractivity contribution in [2.45, 2.75) is 78.4 Å². The molecule has 30 heavy (non-hydrogen) atoms. The van der Waals surface area contributed by atoms with Gasteiger partial charge in [0, 0.05) is 25.3 Å². The van der Waals surface area contributed by atoms with Gasteiger partial charge < -0.3 is 27.4 Å². The summed E-state index contributed by atoms with van der Waals surface area (Å²) in [6, 6.07) is -1.53. The summed E-state index contributed by atoms with van der Waals surface area (Å²) in [5.41, 5.74) is 10.6. The second-order valence-electron chi connectivity index (χ2n) is 8.41. The number of aliphatic imine (C=N–C) groups is 1. The normalized spacial score (nSPS) is 14.0. The molecule has 0 fully saturated rings. The van der Waals surface area contributed by atoms with Crippen LogP contribution in [0.5, 0.6) is 0 Å². The van der Waals surface area contributed by atoms with Gasteiger partial charge >= 0.3 is 0 Å². The predicted octanol–water partition coefficient (Wildman–Crippen LogP) is 0.536. The van der Waals surface area contributed by atoms with Crippen LogP contribution in [0.1, 0.15) is 60.3 Å². The lowest BCUT2D eigenvalue weighted by molar-refractivity contribution is -0.132. The molecule has 0 aliphatic carbocycles.